The molecule has 0 aliphatic rings. The number of aromatic nitrogens is 3. The average molecular weight is 284 g/mol. The van der Waals surface area contributed by atoms with E-state index < -0.39 is 0 Å². The maximum atomic E-state index is 4.69. The van der Waals surface area contributed by atoms with Crippen molar-refractivity contribution in [2.45, 2.75) is 20.3 Å². The lowest BCUT2D eigenvalue weighted by molar-refractivity contribution is 1.08. The van der Waals surface area contributed by atoms with Gasteiger partial charge in [-0.05, 0) is 31.0 Å². The Hall–Kier alpha value is -2.01. The predicted molar refractivity (Wildman–Crippen MR) is 84.3 cm³/mol. The summed E-state index contributed by atoms with van der Waals surface area (Å²) >= 11 is 1.69. The van der Waals surface area contributed by atoms with Crippen LogP contribution < -0.4 is 5.32 Å². The molecule has 102 valence electrons. The van der Waals surface area contributed by atoms with Gasteiger partial charge < -0.3 is 5.32 Å². The molecule has 0 aromatic carbocycles. The molecule has 0 spiro atoms. The minimum atomic E-state index is 0.696. The van der Waals surface area contributed by atoms with E-state index in [4.69, 9.17) is 0 Å². The van der Waals surface area contributed by atoms with Gasteiger partial charge >= 0.3 is 0 Å². The topological polar surface area (TPSA) is 50.7 Å². The molecule has 0 unspecified atom stereocenters. The first kappa shape index (κ1) is 13.0. The second-order valence-electron chi connectivity index (χ2n) is 4.59. The third kappa shape index (κ3) is 2.14. The molecule has 0 saturated carbocycles. The summed E-state index contributed by atoms with van der Waals surface area (Å²) in [7, 11) is 1.89. The fourth-order valence-corrected chi connectivity index (χ4v) is 3.14. The van der Waals surface area contributed by atoms with E-state index in [1.807, 2.05) is 13.1 Å². The molecule has 0 aliphatic carbocycles. The van der Waals surface area contributed by atoms with Crippen LogP contribution in [0.2, 0.25) is 0 Å². The summed E-state index contributed by atoms with van der Waals surface area (Å²) in [6, 6.07) is 6.15. The zero-order chi connectivity index (χ0) is 14.1. The maximum absolute atomic E-state index is 4.69. The predicted octanol–water partition coefficient (Wildman–Crippen LogP) is 3.67. The molecule has 20 heavy (non-hydrogen) atoms. The SMILES string of the molecule is CCc1cccnc1-c1nc(NC)c2cc(C)sc2n1. The molecule has 0 amide bonds. The fraction of sp³-hybridized carbons (Fsp3) is 0.267. The highest BCUT2D eigenvalue weighted by Crippen LogP contribution is 2.31. The molecule has 0 atom stereocenters. The molecule has 0 bridgehead atoms. The highest BCUT2D eigenvalue weighted by molar-refractivity contribution is 7.18. The van der Waals surface area contributed by atoms with Crippen LogP contribution in [0.25, 0.3) is 21.7 Å². The lowest BCUT2D eigenvalue weighted by atomic mass is 10.1. The average Bonchev–Trinajstić information content (AvgIpc) is 2.86. The summed E-state index contributed by atoms with van der Waals surface area (Å²) in [5, 5.41) is 4.24. The largest absolute Gasteiger partial charge is 0.372 e. The van der Waals surface area contributed by atoms with Crippen LogP contribution in [0.3, 0.4) is 0 Å². The second kappa shape index (κ2) is 5.17. The van der Waals surface area contributed by atoms with Crippen molar-refractivity contribution in [3.05, 3.63) is 34.8 Å². The van der Waals surface area contributed by atoms with Crippen LogP contribution in [-0.4, -0.2) is 22.0 Å². The monoisotopic (exact) mass is 284 g/mol. The minimum Gasteiger partial charge on any atom is -0.372 e. The van der Waals surface area contributed by atoms with Crippen LogP contribution >= 0.6 is 11.3 Å². The van der Waals surface area contributed by atoms with Gasteiger partial charge in [-0.3, -0.25) is 4.98 Å². The van der Waals surface area contributed by atoms with E-state index in [0.717, 1.165) is 28.1 Å². The van der Waals surface area contributed by atoms with Crippen molar-refractivity contribution >= 4 is 27.4 Å². The van der Waals surface area contributed by atoms with Crippen molar-refractivity contribution in [3.8, 4) is 11.5 Å². The molecule has 3 aromatic heterocycles. The van der Waals surface area contributed by atoms with Crippen molar-refractivity contribution in [2.75, 3.05) is 12.4 Å². The van der Waals surface area contributed by atoms with E-state index in [1.54, 1.807) is 17.5 Å². The van der Waals surface area contributed by atoms with E-state index in [2.05, 4.69) is 46.2 Å². The normalized spacial score (nSPS) is 10.9. The van der Waals surface area contributed by atoms with Gasteiger partial charge in [0.15, 0.2) is 5.82 Å². The van der Waals surface area contributed by atoms with Gasteiger partial charge in [0, 0.05) is 18.1 Å². The summed E-state index contributed by atoms with van der Waals surface area (Å²) < 4.78 is 0. The molecular weight excluding hydrogens is 268 g/mol. The van der Waals surface area contributed by atoms with Crippen molar-refractivity contribution in [2.24, 2.45) is 0 Å². The van der Waals surface area contributed by atoms with Crippen LogP contribution in [0.5, 0.6) is 0 Å². The molecule has 0 radical (unpaired) electrons. The summed E-state index contributed by atoms with van der Waals surface area (Å²) in [5.74, 6) is 1.56. The molecular formula is C15H16N4S. The van der Waals surface area contributed by atoms with Crippen molar-refractivity contribution in [3.63, 3.8) is 0 Å². The van der Waals surface area contributed by atoms with Gasteiger partial charge in [0.25, 0.3) is 0 Å². The number of hydrogen-bond acceptors (Lipinski definition) is 5. The number of nitrogens with zero attached hydrogens (tertiary/aromatic N) is 3. The Kier molecular flexibility index (Phi) is 3.36. The molecule has 0 fully saturated rings. The molecule has 3 aromatic rings. The quantitative estimate of drug-likeness (QED) is 0.797. The number of pyridine rings is 1. The first-order chi connectivity index (χ1) is 9.72. The van der Waals surface area contributed by atoms with Gasteiger partial charge in [0.05, 0.1) is 5.39 Å². The van der Waals surface area contributed by atoms with E-state index in [0.29, 0.717) is 5.82 Å². The van der Waals surface area contributed by atoms with Crippen LogP contribution in [0, 0.1) is 6.92 Å². The fourth-order valence-electron chi connectivity index (χ4n) is 2.26. The van der Waals surface area contributed by atoms with Crippen LogP contribution in [-0.2, 0) is 6.42 Å². The second-order valence-corrected chi connectivity index (χ2v) is 5.82. The van der Waals surface area contributed by atoms with Crippen LogP contribution in [0.1, 0.15) is 17.4 Å². The van der Waals surface area contributed by atoms with E-state index in [1.165, 1.54) is 10.4 Å². The van der Waals surface area contributed by atoms with Crippen molar-refractivity contribution in [1.82, 2.24) is 15.0 Å². The Balaban J connectivity index is 2.26. The molecule has 3 heterocycles. The van der Waals surface area contributed by atoms with Crippen LogP contribution in [0.15, 0.2) is 24.4 Å². The highest BCUT2D eigenvalue weighted by Gasteiger charge is 2.13. The Morgan fingerprint density at radius 2 is 2.15 bits per heavy atom. The first-order valence-corrected chi connectivity index (χ1v) is 7.44. The Morgan fingerprint density at radius 1 is 1.30 bits per heavy atom. The van der Waals surface area contributed by atoms with Crippen LogP contribution in [0.4, 0.5) is 5.82 Å². The van der Waals surface area contributed by atoms with Crippen molar-refractivity contribution in [1.29, 1.82) is 0 Å². The molecule has 0 aliphatic heterocycles. The number of rotatable bonds is 3. The Labute approximate surface area is 121 Å². The smallest absolute Gasteiger partial charge is 0.181 e. The molecule has 4 nitrogen and oxygen atoms in total. The Morgan fingerprint density at radius 3 is 2.90 bits per heavy atom. The number of anilines is 1. The molecule has 0 saturated heterocycles. The summed E-state index contributed by atoms with van der Waals surface area (Å²) in [5.41, 5.74) is 2.04. The summed E-state index contributed by atoms with van der Waals surface area (Å²) in [4.78, 5) is 16.0. The lowest BCUT2D eigenvalue weighted by Crippen LogP contribution is -2.00. The molecule has 3 rings (SSSR count). The Bertz CT molecular complexity index is 764. The van der Waals surface area contributed by atoms with E-state index in [9.17, 15) is 0 Å². The first-order valence-electron chi connectivity index (χ1n) is 6.63. The third-order valence-corrected chi connectivity index (χ3v) is 4.18. The van der Waals surface area contributed by atoms with Gasteiger partial charge in [0.2, 0.25) is 0 Å². The molecule has 1 N–H and O–H groups in total. The standard InChI is InChI=1S/C15H16N4S/c1-4-10-6-5-7-17-12(10)14-18-13(16-3)11-8-9(2)20-15(11)19-14/h5-8H,4H2,1-3H3,(H,16,18,19). The van der Waals surface area contributed by atoms with Gasteiger partial charge in [-0.15, -0.1) is 11.3 Å². The van der Waals surface area contributed by atoms with Gasteiger partial charge in [-0.2, -0.15) is 0 Å². The highest BCUT2D eigenvalue weighted by atomic mass is 32.1. The van der Waals surface area contributed by atoms with Gasteiger partial charge in [-0.1, -0.05) is 13.0 Å². The number of thiophene rings is 1. The summed E-state index contributed by atoms with van der Waals surface area (Å²) in [6.07, 6.45) is 2.71. The van der Waals surface area contributed by atoms with E-state index in [-0.39, 0.29) is 0 Å². The number of fused-ring (bicyclic) bond motifs is 1. The van der Waals surface area contributed by atoms with Gasteiger partial charge in [-0.25, -0.2) is 9.97 Å². The number of nitrogens with one attached hydrogen (secondary N) is 1. The zero-order valence-electron chi connectivity index (χ0n) is 11.8. The van der Waals surface area contributed by atoms with Crippen molar-refractivity contribution < 1.29 is 0 Å². The maximum Gasteiger partial charge on any atom is 0.181 e. The van der Waals surface area contributed by atoms with E-state index >= 15 is 0 Å². The summed E-state index contributed by atoms with van der Waals surface area (Å²) in [6.45, 7) is 4.21. The lowest BCUT2D eigenvalue weighted by Gasteiger charge is -2.07. The third-order valence-electron chi connectivity index (χ3n) is 3.24. The zero-order valence-corrected chi connectivity index (χ0v) is 12.6. The number of hydrogen-bond donors (Lipinski definition) is 1. The minimum absolute atomic E-state index is 0.696. The number of aryl methyl sites for hydroxylation is 2. The molecule has 5 heteroatoms. The van der Waals surface area contributed by atoms with Gasteiger partial charge in [0.1, 0.15) is 16.3 Å².